The summed E-state index contributed by atoms with van der Waals surface area (Å²) in [4.78, 5) is 23.7. The van der Waals surface area contributed by atoms with Crippen molar-refractivity contribution < 1.29 is 9.13 Å². The number of fused-ring (bicyclic) bond motifs is 5. The first-order valence-electron chi connectivity index (χ1n) is 14.0. The molecule has 0 N–H and O–H groups in total. The summed E-state index contributed by atoms with van der Waals surface area (Å²) in [5, 5.41) is 0.659. The molecular weight excluding hydrogens is 499 g/mol. The van der Waals surface area contributed by atoms with E-state index >= 15 is 4.39 Å². The van der Waals surface area contributed by atoms with Gasteiger partial charge in [-0.25, -0.2) is 9.37 Å². The van der Waals surface area contributed by atoms with E-state index in [2.05, 4.69) is 19.8 Å². The fraction of sp³-hybridized carbons (Fsp3) is 0.517. The highest BCUT2D eigenvalue weighted by Crippen LogP contribution is 2.42. The lowest BCUT2D eigenvalue weighted by atomic mass is 9.95. The van der Waals surface area contributed by atoms with E-state index in [4.69, 9.17) is 14.7 Å². The second kappa shape index (κ2) is 8.81. The minimum absolute atomic E-state index is 0.0743. The van der Waals surface area contributed by atoms with E-state index in [1.54, 1.807) is 23.0 Å². The van der Waals surface area contributed by atoms with E-state index in [-0.39, 0.29) is 22.8 Å². The van der Waals surface area contributed by atoms with Gasteiger partial charge in [-0.3, -0.25) is 9.88 Å². The molecule has 3 aliphatic heterocycles. The first-order valence-corrected chi connectivity index (χ1v) is 14.9. The fourth-order valence-electron chi connectivity index (χ4n) is 7.63. The average Bonchev–Trinajstić information content (AvgIpc) is 3.71. The average molecular weight is 531 g/mol. The van der Waals surface area contributed by atoms with Gasteiger partial charge >= 0.3 is 6.01 Å². The molecule has 3 saturated heterocycles. The lowest BCUT2D eigenvalue weighted by molar-refractivity contribution is 0.108. The number of anilines is 1. The van der Waals surface area contributed by atoms with E-state index in [1.807, 2.05) is 18.2 Å². The maximum absolute atomic E-state index is 16.4. The van der Waals surface area contributed by atoms with Gasteiger partial charge in [-0.15, -0.1) is 11.3 Å². The number of rotatable bonds is 5. The molecule has 196 valence electrons. The third kappa shape index (κ3) is 3.61. The van der Waals surface area contributed by atoms with Crippen molar-refractivity contribution in [3.63, 3.8) is 0 Å². The highest BCUT2D eigenvalue weighted by Gasteiger charge is 2.45. The summed E-state index contributed by atoms with van der Waals surface area (Å²) >= 11 is 1.54. The van der Waals surface area contributed by atoms with Crippen LogP contribution in [0.2, 0.25) is 0 Å². The summed E-state index contributed by atoms with van der Waals surface area (Å²) in [6.45, 7) is 4.72. The van der Waals surface area contributed by atoms with Gasteiger partial charge in [-0.05, 0) is 75.9 Å². The lowest BCUT2D eigenvalue weighted by Crippen LogP contribution is -2.43. The molecule has 38 heavy (non-hydrogen) atoms. The Bertz CT molecular complexity index is 1520. The molecule has 1 aromatic carbocycles. The first-order chi connectivity index (χ1) is 18.7. The van der Waals surface area contributed by atoms with Gasteiger partial charge in [0.2, 0.25) is 0 Å². The molecule has 7 nitrogen and oxygen atoms in total. The van der Waals surface area contributed by atoms with Crippen LogP contribution in [-0.4, -0.2) is 63.2 Å². The Labute approximate surface area is 225 Å². The van der Waals surface area contributed by atoms with Crippen molar-refractivity contribution in [1.82, 2.24) is 24.8 Å². The van der Waals surface area contributed by atoms with Crippen LogP contribution in [-0.2, 0) is 0 Å². The molecule has 1 aliphatic carbocycles. The number of pyridine rings is 1. The van der Waals surface area contributed by atoms with Crippen LogP contribution < -0.4 is 9.64 Å². The molecule has 4 aliphatic rings. The third-order valence-corrected chi connectivity index (χ3v) is 10.2. The zero-order valence-corrected chi connectivity index (χ0v) is 22.2. The number of hydrogen-bond donors (Lipinski definition) is 0. The minimum atomic E-state index is -0.432. The van der Waals surface area contributed by atoms with Gasteiger partial charge in [0.25, 0.3) is 0 Å². The van der Waals surface area contributed by atoms with Crippen LogP contribution in [0.15, 0.2) is 29.9 Å². The summed E-state index contributed by atoms with van der Waals surface area (Å²) in [5.41, 5.74) is 3.88. The van der Waals surface area contributed by atoms with Crippen LogP contribution in [0.25, 0.3) is 32.4 Å². The Kier molecular flexibility index (Phi) is 5.34. The maximum Gasteiger partial charge on any atom is 0.319 e. The van der Waals surface area contributed by atoms with E-state index in [0.29, 0.717) is 29.4 Å². The van der Waals surface area contributed by atoms with E-state index < -0.39 is 5.82 Å². The number of benzene rings is 1. The molecule has 1 saturated carbocycles. The van der Waals surface area contributed by atoms with Crippen molar-refractivity contribution in [2.75, 3.05) is 37.7 Å². The van der Waals surface area contributed by atoms with Crippen LogP contribution in [0.3, 0.4) is 0 Å². The summed E-state index contributed by atoms with van der Waals surface area (Å²) in [6.07, 6.45) is 10.3. The standard InChI is InChI=1S/C29H31FN6OS/c30-23-25(20-4-1-5-22-24(20)32-17-38-22)31-13-21-26(23)33-28(37-16-29-8-2-10-36(29)11-3-9-29)34-27(21)35-14-18-6-7-19(12-18)15-35/h1,4-5,13,17-19H,2-3,6-12,14-16H2. The molecule has 4 aromatic rings. The van der Waals surface area contributed by atoms with Gasteiger partial charge in [0.1, 0.15) is 23.6 Å². The molecule has 9 heteroatoms. The number of ether oxygens (including phenoxy) is 1. The van der Waals surface area contributed by atoms with Crippen LogP contribution in [0, 0.1) is 17.7 Å². The summed E-state index contributed by atoms with van der Waals surface area (Å²) < 4.78 is 23.8. The Balaban J connectivity index is 1.24. The molecular formula is C29H31FN6OS. The van der Waals surface area contributed by atoms with Crippen molar-refractivity contribution in [1.29, 1.82) is 0 Å². The van der Waals surface area contributed by atoms with Gasteiger partial charge in [0.05, 0.1) is 26.7 Å². The Morgan fingerprint density at radius 3 is 2.66 bits per heavy atom. The van der Waals surface area contributed by atoms with Crippen LogP contribution in [0.5, 0.6) is 6.01 Å². The number of piperidine rings is 1. The smallest absolute Gasteiger partial charge is 0.319 e. The van der Waals surface area contributed by atoms with Crippen molar-refractivity contribution in [3.05, 3.63) is 35.7 Å². The van der Waals surface area contributed by atoms with Crippen LogP contribution in [0.1, 0.15) is 44.9 Å². The molecule has 2 unspecified atom stereocenters. The maximum atomic E-state index is 16.4. The van der Waals surface area contributed by atoms with E-state index in [0.717, 1.165) is 55.1 Å². The quantitative estimate of drug-likeness (QED) is 0.329. The SMILES string of the molecule is Fc1c(-c2cccc3scnc23)ncc2c(N3CC4CCC(C4)C3)nc(OCC34CCCN3CCC4)nc12. The topological polar surface area (TPSA) is 67.3 Å². The Morgan fingerprint density at radius 2 is 1.84 bits per heavy atom. The van der Waals surface area contributed by atoms with Gasteiger partial charge in [-0.1, -0.05) is 12.1 Å². The van der Waals surface area contributed by atoms with Crippen molar-refractivity contribution in [2.45, 2.75) is 50.5 Å². The van der Waals surface area contributed by atoms with Gasteiger partial charge in [0.15, 0.2) is 5.82 Å². The molecule has 0 amide bonds. The number of para-hydroxylation sites is 1. The molecule has 3 aromatic heterocycles. The predicted octanol–water partition coefficient (Wildman–Crippen LogP) is 5.68. The minimum Gasteiger partial charge on any atom is -0.461 e. The molecule has 2 bridgehead atoms. The second-order valence-electron chi connectivity index (χ2n) is 11.7. The van der Waals surface area contributed by atoms with Crippen LogP contribution in [0.4, 0.5) is 10.2 Å². The highest BCUT2D eigenvalue weighted by atomic mass is 32.1. The van der Waals surface area contributed by atoms with E-state index in [1.165, 1.54) is 32.1 Å². The zero-order chi connectivity index (χ0) is 25.3. The molecule has 2 atom stereocenters. The highest BCUT2D eigenvalue weighted by molar-refractivity contribution is 7.16. The zero-order valence-electron chi connectivity index (χ0n) is 21.4. The first kappa shape index (κ1) is 23.0. The molecule has 8 rings (SSSR count). The normalized spacial score (nSPS) is 24.5. The molecule has 0 spiro atoms. The third-order valence-electron chi connectivity index (χ3n) is 9.45. The number of aromatic nitrogens is 4. The molecule has 0 radical (unpaired) electrons. The fourth-order valence-corrected chi connectivity index (χ4v) is 8.34. The predicted molar refractivity (Wildman–Crippen MR) is 147 cm³/mol. The summed E-state index contributed by atoms with van der Waals surface area (Å²) in [6, 6.07) is 6.09. The number of thiazole rings is 1. The lowest BCUT2D eigenvalue weighted by Gasteiger charge is -2.34. The largest absolute Gasteiger partial charge is 0.461 e. The van der Waals surface area contributed by atoms with Crippen LogP contribution >= 0.6 is 11.3 Å². The van der Waals surface area contributed by atoms with Gasteiger partial charge in [0, 0.05) is 24.8 Å². The van der Waals surface area contributed by atoms with Crippen molar-refractivity contribution >= 4 is 38.3 Å². The van der Waals surface area contributed by atoms with Crippen molar-refractivity contribution in [3.8, 4) is 17.3 Å². The summed E-state index contributed by atoms with van der Waals surface area (Å²) in [7, 11) is 0. The van der Waals surface area contributed by atoms with Crippen molar-refractivity contribution in [2.24, 2.45) is 11.8 Å². The van der Waals surface area contributed by atoms with Gasteiger partial charge < -0.3 is 9.64 Å². The summed E-state index contributed by atoms with van der Waals surface area (Å²) in [5.74, 6) is 1.68. The number of halogens is 1. The number of nitrogens with zero attached hydrogens (tertiary/aromatic N) is 6. The molecule has 4 fully saturated rings. The monoisotopic (exact) mass is 530 g/mol. The second-order valence-corrected chi connectivity index (χ2v) is 12.6. The Morgan fingerprint density at radius 1 is 1.03 bits per heavy atom. The Hall–Kier alpha value is -2.91. The molecule has 6 heterocycles. The van der Waals surface area contributed by atoms with E-state index in [9.17, 15) is 0 Å². The number of hydrogen-bond acceptors (Lipinski definition) is 8. The van der Waals surface area contributed by atoms with Gasteiger partial charge in [-0.2, -0.15) is 9.97 Å².